The number of likely N-dealkylation sites (tertiary alicyclic amines) is 1. The zero-order valence-corrected chi connectivity index (χ0v) is 11.3. The van der Waals surface area contributed by atoms with Crippen molar-refractivity contribution in [3.8, 4) is 11.3 Å². The summed E-state index contributed by atoms with van der Waals surface area (Å²) in [5.41, 5.74) is 0.354. The SMILES string of the molecule is O=C(O)[C@H]1CCCN1Cc1ncc(-c2ccccc2F)o1. The Morgan fingerprint density at radius 3 is 3.05 bits per heavy atom. The lowest BCUT2D eigenvalue weighted by Crippen LogP contribution is -2.35. The second kappa shape index (κ2) is 5.65. The van der Waals surface area contributed by atoms with Crippen LogP contribution in [0, 0.1) is 5.82 Å². The number of nitrogens with zero attached hydrogens (tertiary/aromatic N) is 2. The van der Waals surface area contributed by atoms with E-state index in [1.807, 2.05) is 4.90 Å². The molecular formula is C15H15FN2O3. The van der Waals surface area contributed by atoms with Crippen molar-refractivity contribution in [2.45, 2.75) is 25.4 Å². The molecule has 0 bridgehead atoms. The highest BCUT2D eigenvalue weighted by Crippen LogP contribution is 2.25. The fraction of sp³-hybridized carbons (Fsp3) is 0.333. The Morgan fingerprint density at radius 2 is 2.29 bits per heavy atom. The molecule has 1 N–H and O–H groups in total. The fourth-order valence-electron chi connectivity index (χ4n) is 2.64. The highest BCUT2D eigenvalue weighted by molar-refractivity contribution is 5.73. The number of carbonyl (C=O) groups is 1. The maximum Gasteiger partial charge on any atom is 0.320 e. The first-order valence-electron chi connectivity index (χ1n) is 6.81. The Hall–Kier alpha value is -2.21. The van der Waals surface area contributed by atoms with Gasteiger partial charge in [0, 0.05) is 0 Å². The van der Waals surface area contributed by atoms with Crippen molar-refractivity contribution >= 4 is 5.97 Å². The number of benzene rings is 1. The molecule has 0 saturated carbocycles. The zero-order chi connectivity index (χ0) is 14.8. The molecular weight excluding hydrogens is 275 g/mol. The van der Waals surface area contributed by atoms with Gasteiger partial charge in [0.25, 0.3) is 0 Å². The van der Waals surface area contributed by atoms with E-state index in [1.165, 1.54) is 12.3 Å². The molecule has 1 fully saturated rings. The minimum Gasteiger partial charge on any atom is -0.480 e. The molecule has 1 aliphatic heterocycles. The van der Waals surface area contributed by atoms with Crippen LogP contribution in [-0.4, -0.2) is 33.5 Å². The van der Waals surface area contributed by atoms with Crippen molar-refractivity contribution in [2.75, 3.05) is 6.54 Å². The quantitative estimate of drug-likeness (QED) is 0.937. The van der Waals surface area contributed by atoms with Crippen molar-refractivity contribution in [1.82, 2.24) is 9.88 Å². The van der Waals surface area contributed by atoms with E-state index in [0.717, 1.165) is 6.42 Å². The monoisotopic (exact) mass is 290 g/mol. The summed E-state index contributed by atoms with van der Waals surface area (Å²) >= 11 is 0. The van der Waals surface area contributed by atoms with Crippen molar-refractivity contribution in [3.63, 3.8) is 0 Å². The molecule has 0 amide bonds. The molecule has 1 aromatic heterocycles. The lowest BCUT2D eigenvalue weighted by Gasteiger charge is -2.18. The standard InChI is InChI=1S/C15H15FN2O3/c16-11-5-2-1-4-10(11)13-8-17-14(21-13)9-18-7-3-6-12(18)15(19)20/h1-2,4-5,8,12H,3,6-7,9H2,(H,19,20)/t12-/m1/s1. The number of halogens is 1. The Balaban J connectivity index is 1.77. The van der Waals surface area contributed by atoms with Crippen LogP contribution >= 0.6 is 0 Å². The Bertz CT molecular complexity index is 656. The second-order valence-corrected chi connectivity index (χ2v) is 5.06. The molecule has 0 unspecified atom stereocenters. The molecule has 0 radical (unpaired) electrons. The van der Waals surface area contributed by atoms with Crippen molar-refractivity contribution < 1.29 is 18.7 Å². The van der Waals surface area contributed by atoms with E-state index in [4.69, 9.17) is 9.52 Å². The minimum atomic E-state index is -0.826. The molecule has 1 atom stereocenters. The topological polar surface area (TPSA) is 66.6 Å². The maximum atomic E-state index is 13.7. The van der Waals surface area contributed by atoms with E-state index < -0.39 is 12.0 Å². The molecule has 1 aromatic carbocycles. The molecule has 2 aromatic rings. The molecule has 0 aliphatic carbocycles. The average molecular weight is 290 g/mol. The van der Waals surface area contributed by atoms with Gasteiger partial charge in [-0.3, -0.25) is 9.69 Å². The summed E-state index contributed by atoms with van der Waals surface area (Å²) in [4.78, 5) is 17.1. The summed E-state index contributed by atoms with van der Waals surface area (Å²) in [6.07, 6.45) is 2.95. The molecule has 2 heterocycles. The van der Waals surface area contributed by atoms with Crippen LogP contribution in [0.5, 0.6) is 0 Å². The summed E-state index contributed by atoms with van der Waals surface area (Å²) in [6.45, 7) is 1.03. The summed E-state index contributed by atoms with van der Waals surface area (Å²) in [5, 5.41) is 9.14. The smallest absolute Gasteiger partial charge is 0.320 e. The number of aliphatic carboxylic acids is 1. The van der Waals surface area contributed by atoms with Gasteiger partial charge in [0.05, 0.1) is 18.3 Å². The molecule has 0 spiro atoms. The first-order valence-corrected chi connectivity index (χ1v) is 6.81. The number of aromatic nitrogens is 1. The van der Waals surface area contributed by atoms with Gasteiger partial charge in [-0.2, -0.15) is 0 Å². The third-order valence-corrected chi connectivity index (χ3v) is 3.68. The first-order chi connectivity index (χ1) is 10.1. The molecule has 21 heavy (non-hydrogen) atoms. The average Bonchev–Trinajstić information content (AvgIpc) is 3.09. The van der Waals surface area contributed by atoms with Crippen LogP contribution in [0.4, 0.5) is 4.39 Å². The van der Waals surface area contributed by atoms with Crippen LogP contribution in [0.1, 0.15) is 18.7 Å². The summed E-state index contributed by atoms with van der Waals surface area (Å²) in [5.74, 6) is -0.436. The van der Waals surface area contributed by atoms with E-state index in [0.29, 0.717) is 36.7 Å². The second-order valence-electron chi connectivity index (χ2n) is 5.06. The molecule has 1 aliphatic rings. The predicted molar refractivity (Wildman–Crippen MR) is 73.0 cm³/mol. The van der Waals surface area contributed by atoms with Gasteiger partial charge < -0.3 is 9.52 Å². The van der Waals surface area contributed by atoms with Gasteiger partial charge in [-0.15, -0.1) is 0 Å². The fourth-order valence-corrected chi connectivity index (χ4v) is 2.64. The van der Waals surface area contributed by atoms with Gasteiger partial charge in [0.2, 0.25) is 5.89 Å². The number of hydrogen-bond donors (Lipinski definition) is 1. The molecule has 6 heteroatoms. The summed E-state index contributed by atoms with van der Waals surface area (Å²) in [7, 11) is 0. The van der Waals surface area contributed by atoms with Crippen molar-refractivity contribution in [1.29, 1.82) is 0 Å². The molecule has 110 valence electrons. The van der Waals surface area contributed by atoms with Gasteiger partial charge >= 0.3 is 5.97 Å². The van der Waals surface area contributed by atoms with Gasteiger partial charge in [-0.25, -0.2) is 9.37 Å². The largest absolute Gasteiger partial charge is 0.480 e. The van der Waals surface area contributed by atoms with Gasteiger partial charge in [-0.1, -0.05) is 12.1 Å². The number of oxazole rings is 1. The van der Waals surface area contributed by atoms with Crippen LogP contribution in [0.25, 0.3) is 11.3 Å². The highest BCUT2D eigenvalue weighted by Gasteiger charge is 2.31. The molecule has 5 nitrogen and oxygen atoms in total. The normalized spacial score (nSPS) is 19.0. The molecule has 1 saturated heterocycles. The summed E-state index contributed by atoms with van der Waals surface area (Å²) in [6, 6.07) is 5.82. The number of carboxylic acid groups (broad SMARTS) is 1. The first kappa shape index (κ1) is 13.8. The van der Waals surface area contributed by atoms with Crippen LogP contribution < -0.4 is 0 Å². The Morgan fingerprint density at radius 1 is 1.48 bits per heavy atom. The third kappa shape index (κ3) is 2.80. The van der Waals surface area contributed by atoms with Gasteiger partial charge in [-0.05, 0) is 31.5 Å². The lowest BCUT2D eigenvalue weighted by molar-refractivity contribution is -0.142. The van der Waals surface area contributed by atoms with E-state index >= 15 is 0 Å². The van der Waals surface area contributed by atoms with Crippen LogP contribution in [0.3, 0.4) is 0 Å². The lowest BCUT2D eigenvalue weighted by atomic mass is 10.2. The van der Waals surface area contributed by atoms with E-state index in [-0.39, 0.29) is 5.82 Å². The Kier molecular flexibility index (Phi) is 3.70. The number of carboxylic acids is 1. The molecule has 3 rings (SSSR count). The van der Waals surface area contributed by atoms with Crippen molar-refractivity contribution in [3.05, 3.63) is 42.2 Å². The van der Waals surface area contributed by atoms with Gasteiger partial charge in [0.1, 0.15) is 11.9 Å². The van der Waals surface area contributed by atoms with E-state index in [1.54, 1.807) is 18.2 Å². The minimum absolute atomic E-state index is 0.325. The summed E-state index contributed by atoms with van der Waals surface area (Å²) < 4.78 is 19.2. The number of hydrogen-bond acceptors (Lipinski definition) is 4. The van der Waals surface area contributed by atoms with Crippen LogP contribution in [0.2, 0.25) is 0 Å². The van der Waals surface area contributed by atoms with Gasteiger partial charge in [0.15, 0.2) is 5.76 Å². The van der Waals surface area contributed by atoms with Crippen LogP contribution in [0.15, 0.2) is 34.9 Å². The number of rotatable bonds is 4. The van der Waals surface area contributed by atoms with E-state index in [9.17, 15) is 9.18 Å². The highest BCUT2D eigenvalue weighted by atomic mass is 19.1. The zero-order valence-electron chi connectivity index (χ0n) is 11.3. The van der Waals surface area contributed by atoms with Crippen molar-refractivity contribution in [2.24, 2.45) is 0 Å². The van der Waals surface area contributed by atoms with E-state index in [2.05, 4.69) is 4.98 Å². The predicted octanol–water partition coefficient (Wildman–Crippen LogP) is 2.53. The maximum absolute atomic E-state index is 13.7. The Labute approximate surface area is 121 Å². The third-order valence-electron chi connectivity index (χ3n) is 3.68. The van der Waals surface area contributed by atoms with Crippen LogP contribution in [-0.2, 0) is 11.3 Å².